The van der Waals surface area contributed by atoms with Gasteiger partial charge >= 0.3 is 0 Å². The molecule has 0 radical (unpaired) electrons. The molecule has 1 saturated carbocycles. The van der Waals surface area contributed by atoms with Gasteiger partial charge in [0, 0.05) is 0 Å². The van der Waals surface area contributed by atoms with Crippen molar-refractivity contribution in [3.63, 3.8) is 0 Å². The molecule has 21 heavy (non-hydrogen) atoms. The first kappa shape index (κ1) is 14.6. The van der Waals surface area contributed by atoms with Gasteiger partial charge in [-0.15, -0.1) is 0 Å². The fourth-order valence-corrected chi connectivity index (χ4v) is 3.87. The van der Waals surface area contributed by atoms with Crippen LogP contribution in [0.3, 0.4) is 0 Å². The Balaban J connectivity index is 1.60. The summed E-state index contributed by atoms with van der Waals surface area (Å²) in [6.07, 6.45) is 15.1. The van der Waals surface area contributed by atoms with Gasteiger partial charge in [-0.25, -0.2) is 4.39 Å². The Hall–Kier alpha value is -1.37. The smallest absolute Gasteiger partial charge is 0.123 e. The molecule has 0 spiro atoms. The van der Waals surface area contributed by atoms with Crippen LogP contribution >= 0.6 is 0 Å². The maximum absolute atomic E-state index is 13.0. The lowest BCUT2D eigenvalue weighted by Crippen LogP contribution is -2.21. The second-order valence-corrected chi connectivity index (χ2v) is 6.61. The van der Waals surface area contributed by atoms with Crippen molar-refractivity contribution in [2.75, 3.05) is 0 Å². The van der Waals surface area contributed by atoms with Gasteiger partial charge < -0.3 is 0 Å². The highest BCUT2D eigenvalue weighted by Crippen LogP contribution is 2.39. The summed E-state index contributed by atoms with van der Waals surface area (Å²) in [7, 11) is 0. The van der Waals surface area contributed by atoms with Crippen LogP contribution in [0.1, 0.15) is 51.0 Å². The van der Waals surface area contributed by atoms with E-state index < -0.39 is 0 Å². The van der Waals surface area contributed by atoms with Crippen molar-refractivity contribution in [3.8, 4) is 0 Å². The molecule has 1 unspecified atom stereocenters. The van der Waals surface area contributed by atoms with E-state index in [1.807, 2.05) is 12.1 Å². The van der Waals surface area contributed by atoms with E-state index in [4.69, 9.17) is 0 Å². The minimum Gasteiger partial charge on any atom is -0.207 e. The third-order valence-electron chi connectivity index (χ3n) is 5.38. The van der Waals surface area contributed by atoms with Crippen LogP contribution in [-0.2, 0) is 0 Å². The molecule has 1 fully saturated rings. The van der Waals surface area contributed by atoms with E-state index in [9.17, 15) is 4.39 Å². The molecule has 0 bridgehead atoms. The van der Waals surface area contributed by atoms with Crippen molar-refractivity contribution < 1.29 is 4.39 Å². The molecule has 1 heteroatoms. The summed E-state index contributed by atoms with van der Waals surface area (Å²) in [5.74, 6) is 2.39. The minimum atomic E-state index is -0.162. The molecule has 0 aromatic heterocycles. The first-order valence-electron chi connectivity index (χ1n) is 8.40. The van der Waals surface area contributed by atoms with Gasteiger partial charge in [0.2, 0.25) is 0 Å². The number of allylic oxidation sites excluding steroid dienone is 4. The van der Waals surface area contributed by atoms with Gasteiger partial charge in [0.1, 0.15) is 5.82 Å². The summed E-state index contributed by atoms with van der Waals surface area (Å²) in [6.45, 7) is 2.32. The van der Waals surface area contributed by atoms with Gasteiger partial charge in [-0.3, -0.25) is 0 Å². The Bertz CT molecular complexity index is 515. The van der Waals surface area contributed by atoms with Gasteiger partial charge in [-0.1, -0.05) is 56.5 Å². The number of hydrogen-bond acceptors (Lipinski definition) is 0. The summed E-state index contributed by atoms with van der Waals surface area (Å²) in [5, 5.41) is 0. The largest absolute Gasteiger partial charge is 0.207 e. The maximum atomic E-state index is 13.0. The molecular formula is C20H25F. The Morgan fingerprint density at radius 1 is 1.05 bits per heavy atom. The zero-order valence-electron chi connectivity index (χ0n) is 12.9. The fourth-order valence-electron chi connectivity index (χ4n) is 3.87. The second-order valence-electron chi connectivity index (χ2n) is 6.61. The van der Waals surface area contributed by atoms with Crippen LogP contribution in [0.15, 0.2) is 42.5 Å². The van der Waals surface area contributed by atoms with Gasteiger partial charge in [0.05, 0.1) is 0 Å². The first-order valence-corrected chi connectivity index (χ1v) is 8.40. The summed E-state index contributed by atoms with van der Waals surface area (Å²) in [5.41, 5.74) is 2.37. The molecule has 3 rings (SSSR count). The molecule has 2 aliphatic rings. The summed E-state index contributed by atoms with van der Waals surface area (Å²) >= 11 is 0. The Morgan fingerprint density at radius 2 is 1.76 bits per heavy atom. The molecule has 0 aliphatic heterocycles. The Kier molecular flexibility index (Phi) is 4.57. The van der Waals surface area contributed by atoms with Crippen LogP contribution < -0.4 is 0 Å². The van der Waals surface area contributed by atoms with Crippen molar-refractivity contribution in [3.05, 3.63) is 53.9 Å². The number of halogens is 1. The predicted octanol–water partition coefficient (Wildman–Crippen LogP) is 6.00. The number of hydrogen-bond donors (Lipinski definition) is 0. The molecule has 0 amide bonds. The van der Waals surface area contributed by atoms with Crippen LogP contribution in [0.5, 0.6) is 0 Å². The third kappa shape index (κ3) is 3.45. The van der Waals surface area contributed by atoms with E-state index in [1.54, 1.807) is 12.1 Å². The van der Waals surface area contributed by atoms with Crippen molar-refractivity contribution >= 4 is 5.57 Å². The van der Waals surface area contributed by atoms with Crippen LogP contribution in [0, 0.1) is 23.6 Å². The molecular weight excluding hydrogens is 259 g/mol. The monoisotopic (exact) mass is 284 g/mol. The molecule has 1 aromatic carbocycles. The average Bonchev–Trinajstić information content (AvgIpc) is 2.56. The fraction of sp³-hybridized carbons (Fsp3) is 0.500. The first-order chi connectivity index (χ1) is 10.3. The average molecular weight is 284 g/mol. The summed E-state index contributed by atoms with van der Waals surface area (Å²) in [4.78, 5) is 0. The lowest BCUT2D eigenvalue weighted by Gasteiger charge is -2.33. The van der Waals surface area contributed by atoms with Crippen LogP contribution in [-0.4, -0.2) is 0 Å². The molecule has 112 valence electrons. The van der Waals surface area contributed by atoms with E-state index >= 15 is 0 Å². The lowest BCUT2D eigenvalue weighted by molar-refractivity contribution is 0.226. The van der Waals surface area contributed by atoms with Crippen molar-refractivity contribution in [1.29, 1.82) is 0 Å². The molecule has 0 heterocycles. The van der Waals surface area contributed by atoms with Gasteiger partial charge in [-0.05, 0) is 60.3 Å². The number of rotatable bonds is 3. The van der Waals surface area contributed by atoms with Gasteiger partial charge in [0.15, 0.2) is 0 Å². The van der Waals surface area contributed by atoms with Crippen LogP contribution in [0.4, 0.5) is 4.39 Å². The zero-order valence-corrected chi connectivity index (χ0v) is 12.9. The van der Waals surface area contributed by atoms with Crippen LogP contribution in [0.25, 0.3) is 5.57 Å². The Labute approximate surface area is 127 Å². The quantitative estimate of drug-likeness (QED) is 0.638. The highest BCUT2D eigenvalue weighted by molar-refractivity contribution is 5.74. The standard InChI is InChI=1S/C20H25F/c1-2-15-3-5-16(6-4-15)17-7-9-18(10-8-17)19-11-13-20(21)14-12-19/h7,9-17H,2-6,8H2,1H3/t15-,16-,17?. The normalized spacial score (nSPS) is 29.2. The maximum Gasteiger partial charge on any atom is 0.123 e. The van der Waals surface area contributed by atoms with Gasteiger partial charge in [0.25, 0.3) is 0 Å². The molecule has 2 aliphatic carbocycles. The van der Waals surface area contributed by atoms with E-state index in [1.165, 1.54) is 37.7 Å². The predicted molar refractivity (Wildman–Crippen MR) is 87.4 cm³/mol. The molecule has 0 N–H and O–H groups in total. The second kappa shape index (κ2) is 6.60. The molecule has 1 aromatic rings. The summed E-state index contributed by atoms with van der Waals surface area (Å²) < 4.78 is 13.0. The van der Waals surface area contributed by atoms with E-state index in [2.05, 4.69) is 25.2 Å². The molecule has 0 saturated heterocycles. The minimum absolute atomic E-state index is 0.162. The summed E-state index contributed by atoms with van der Waals surface area (Å²) in [6, 6.07) is 6.83. The van der Waals surface area contributed by atoms with E-state index in [0.717, 1.165) is 23.8 Å². The zero-order chi connectivity index (χ0) is 14.7. The van der Waals surface area contributed by atoms with Crippen molar-refractivity contribution in [2.24, 2.45) is 17.8 Å². The van der Waals surface area contributed by atoms with Crippen molar-refractivity contribution in [1.82, 2.24) is 0 Å². The molecule has 0 nitrogen and oxygen atoms in total. The Morgan fingerprint density at radius 3 is 2.33 bits per heavy atom. The van der Waals surface area contributed by atoms with Gasteiger partial charge in [-0.2, -0.15) is 0 Å². The van der Waals surface area contributed by atoms with Crippen LogP contribution in [0.2, 0.25) is 0 Å². The number of benzene rings is 1. The van der Waals surface area contributed by atoms with E-state index in [0.29, 0.717) is 5.92 Å². The van der Waals surface area contributed by atoms with E-state index in [-0.39, 0.29) is 5.82 Å². The SMILES string of the molecule is CC[C@H]1CC[C@H](C2C=CC(c3ccc(F)cc3)=CC2)CC1. The third-order valence-corrected chi connectivity index (χ3v) is 5.38. The molecule has 1 atom stereocenters. The highest BCUT2D eigenvalue weighted by Gasteiger charge is 2.26. The highest BCUT2D eigenvalue weighted by atomic mass is 19.1. The van der Waals surface area contributed by atoms with Crippen molar-refractivity contribution in [2.45, 2.75) is 45.4 Å². The lowest BCUT2D eigenvalue weighted by atomic mass is 9.73. The topological polar surface area (TPSA) is 0 Å².